The molecule has 1 saturated heterocycles. The van der Waals surface area contributed by atoms with Crippen molar-refractivity contribution in [2.45, 2.75) is 18.8 Å². The van der Waals surface area contributed by atoms with Crippen LogP contribution in [0.25, 0.3) is 32.2 Å². The van der Waals surface area contributed by atoms with E-state index < -0.39 is 0 Å². The number of thiazole rings is 1. The van der Waals surface area contributed by atoms with Gasteiger partial charge in [0.25, 0.3) is 0 Å². The SMILES string of the molecule is Cn1cc2cc(-c3cc(F)c4nc(C5CCNCC5)sc4c3)cc(C#N)c2n1. The van der Waals surface area contributed by atoms with Crippen molar-refractivity contribution in [1.82, 2.24) is 20.1 Å². The van der Waals surface area contributed by atoms with Crippen LogP contribution in [0.5, 0.6) is 0 Å². The van der Waals surface area contributed by atoms with Crippen molar-refractivity contribution in [3.63, 3.8) is 0 Å². The molecule has 0 atom stereocenters. The Bertz CT molecular complexity index is 1240. The summed E-state index contributed by atoms with van der Waals surface area (Å²) in [6, 6.07) is 9.45. The second-order valence-corrected chi connectivity index (χ2v) is 8.32. The van der Waals surface area contributed by atoms with Crippen LogP contribution in [0.2, 0.25) is 0 Å². The van der Waals surface area contributed by atoms with E-state index in [0.29, 0.717) is 22.5 Å². The van der Waals surface area contributed by atoms with Crippen LogP contribution in [0.4, 0.5) is 4.39 Å². The van der Waals surface area contributed by atoms with E-state index in [1.807, 2.05) is 25.4 Å². The molecule has 5 nitrogen and oxygen atoms in total. The van der Waals surface area contributed by atoms with Crippen molar-refractivity contribution in [3.05, 3.63) is 46.9 Å². The van der Waals surface area contributed by atoms with Crippen molar-refractivity contribution in [2.24, 2.45) is 7.05 Å². The van der Waals surface area contributed by atoms with E-state index in [-0.39, 0.29) is 5.82 Å². The maximum atomic E-state index is 14.9. The normalized spacial score (nSPS) is 15.3. The molecule has 1 fully saturated rings. The van der Waals surface area contributed by atoms with Gasteiger partial charge in [-0.05, 0) is 61.3 Å². The molecular formula is C21H18FN5S. The molecule has 7 heteroatoms. The highest BCUT2D eigenvalue weighted by atomic mass is 32.1. The molecule has 0 saturated carbocycles. The molecule has 1 aliphatic rings. The number of aryl methyl sites for hydroxylation is 1. The minimum Gasteiger partial charge on any atom is -0.317 e. The zero-order valence-electron chi connectivity index (χ0n) is 15.4. The third-order valence-corrected chi connectivity index (χ3v) is 6.50. The smallest absolute Gasteiger partial charge is 0.150 e. The number of nitriles is 1. The Kier molecular flexibility index (Phi) is 4.11. The molecule has 2 aromatic carbocycles. The van der Waals surface area contributed by atoms with Crippen LogP contribution < -0.4 is 5.32 Å². The Labute approximate surface area is 165 Å². The summed E-state index contributed by atoms with van der Waals surface area (Å²) >= 11 is 1.58. The first-order valence-corrected chi connectivity index (χ1v) is 10.1. The monoisotopic (exact) mass is 391 g/mol. The summed E-state index contributed by atoms with van der Waals surface area (Å²) in [6.07, 6.45) is 3.95. The topological polar surface area (TPSA) is 66.5 Å². The zero-order valence-corrected chi connectivity index (χ0v) is 16.2. The molecule has 1 aliphatic heterocycles. The number of aromatic nitrogens is 3. The second kappa shape index (κ2) is 6.66. The van der Waals surface area contributed by atoms with Crippen molar-refractivity contribution in [3.8, 4) is 17.2 Å². The lowest BCUT2D eigenvalue weighted by atomic mass is 9.99. The summed E-state index contributed by atoms with van der Waals surface area (Å²) in [6.45, 7) is 1.97. The van der Waals surface area contributed by atoms with Gasteiger partial charge in [0, 0.05) is 24.5 Å². The number of hydrogen-bond acceptors (Lipinski definition) is 5. The van der Waals surface area contributed by atoms with Crippen LogP contribution in [0, 0.1) is 17.1 Å². The molecule has 3 heterocycles. The number of nitrogens with zero attached hydrogens (tertiary/aromatic N) is 4. The standard InChI is InChI=1S/C21H18FN5S/c1-27-11-16-7-13(6-15(10-23)19(16)26-27)14-8-17(22)20-18(9-14)28-21(25-20)12-2-4-24-5-3-12/h6-9,11-12,24H,2-5H2,1H3. The molecule has 0 unspecified atom stereocenters. The van der Waals surface area contributed by atoms with Crippen LogP contribution in [-0.2, 0) is 7.05 Å². The van der Waals surface area contributed by atoms with Crippen molar-refractivity contribution in [2.75, 3.05) is 13.1 Å². The lowest BCUT2D eigenvalue weighted by Crippen LogP contribution is -2.26. The molecule has 0 aliphatic carbocycles. The Hall–Kier alpha value is -2.82. The highest BCUT2D eigenvalue weighted by Gasteiger charge is 2.21. The minimum absolute atomic E-state index is 0.311. The number of hydrogen-bond donors (Lipinski definition) is 1. The first-order valence-electron chi connectivity index (χ1n) is 9.31. The van der Waals surface area contributed by atoms with Gasteiger partial charge in [-0.2, -0.15) is 10.4 Å². The van der Waals surface area contributed by atoms with Gasteiger partial charge in [-0.1, -0.05) is 0 Å². The summed E-state index contributed by atoms with van der Waals surface area (Å²) in [4.78, 5) is 4.61. The van der Waals surface area contributed by atoms with E-state index in [1.54, 1.807) is 22.1 Å². The van der Waals surface area contributed by atoms with E-state index in [2.05, 4.69) is 21.5 Å². The van der Waals surface area contributed by atoms with Crippen molar-refractivity contribution in [1.29, 1.82) is 5.26 Å². The summed E-state index contributed by atoms with van der Waals surface area (Å²) in [7, 11) is 1.83. The number of benzene rings is 2. The van der Waals surface area contributed by atoms with Gasteiger partial charge in [0.2, 0.25) is 0 Å². The molecule has 28 heavy (non-hydrogen) atoms. The van der Waals surface area contributed by atoms with Crippen molar-refractivity contribution >= 4 is 32.5 Å². The Morgan fingerprint density at radius 1 is 1.18 bits per heavy atom. The molecular weight excluding hydrogens is 373 g/mol. The molecule has 1 N–H and O–H groups in total. The first kappa shape index (κ1) is 17.3. The largest absolute Gasteiger partial charge is 0.317 e. The minimum atomic E-state index is -0.311. The quantitative estimate of drug-likeness (QED) is 0.552. The predicted octanol–water partition coefficient (Wildman–Crippen LogP) is 4.33. The number of piperidine rings is 1. The van der Waals surface area contributed by atoms with Gasteiger partial charge in [0.15, 0.2) is 5.82 Å². The molecule has 0 radical (unpaired) electrons. The van der Waals surface area contributed by atoms with E-state index in [0.717, 1.165) is 52.2 Å². The Morgan fingerprint density at radius 2 is 1.96 bits per heavy atom. The van der Waals surface area contributed by atoms with Gasteiger partial charge in [-0.3, -0.25) is 4.68 Å². The maximum absolute atomic E-state index is 14.9. The number of fused-ring (bicyclic) bond motifs is 2. The first-order chi connectivity index (χ1) is 13.6. The predicted molar refractivity (Wildman–Crippen MR) is 109 cm³/mol. The second-order valence-electron chi connectivity index (χ2n) is 7.26. The fraction of sp³-hybridized carbons (Fsp3) is 0.286. The van der Waals surface area contributed by atoms with E-state index >= 15 is 0 Å². The fourth-order valence-electron chi connectivity index (χ4n) is 3.92. The van der Waals surface area contributed by atoms with Crippen LogP contribution in [0.15, 0.2) is 30.5 Å². The van der Waals surface area contributed by atoms with Crippen molar-refractivity contribution < 1.29 is 4.39 Å². The van der Waals surface area contributed by atoms with Gasteiger partial charge >= 0.3 is 0 Å². The molecule has 4 aromatic rings. The van der Waals surface area contributed by atoms with Gasteiger partial charge < -0.3 is 5.32 Å². The summed E-state index contributed by atoms with van der Waals surface area (Å²) < 4.78 is 17.4. The Balaban J connectivity index is 1.63. The van der Waals surface area contributed by atoms with Crippen LogP contribution >= 0.6 is 11.3 Å². The summed E-state index contributed by atoms with van der Waals surface area (Å²) in [5.41, 5.74) is 3.18. The molecule has 5 rings (SSSR count). The molecule has 140 valence electrons. The fourth-order valence-corrected chi connectivity index (χ4v) is 5.11. The lowest BCUT2D eigenvalue weighted by molar-refractivity contribution is 0.459. The zero-order chi connectivity index (χ0) is 19.3. The maximum Gasteiger partial charge on any atom is 0.150 e. The highest BCUT2D eigenvalue weighted by molar-refractivity contribution is 7.18. The van der Waals surface area contributed by atoms with Crippen LogP contribution in [-0.4, -0.2) is 27.9 Å². The van der Waals surface area contributed by atoms with Crippen LogP contribution in [0.3, 0.4) is 0 Å². The summed E-state index contributed by atoms with van der Waals surface area (Å²) in [5.74, 6) is 0.0900. The average Bonchev–Trinajstić information content (AvgIpc) is 3.30. The number of rotatable bonds is 2. The lowest BCUT2D eigenvalue weighted by Gasteiger charge is -2.20. The highest BCUT2D eigenvalue weighted by Crippen LogP contribution is 2.36. The van der Waals surface area contributed by atoms with E-state index in [1.165, 1.54) is 6.07 Å². The van der Waals surface area contributed by atoms with Gasteiger partial charge in [-0.15, -0.1) is 11.3 Å². The van der Waals surface area contributed by atoms with Gasteiger partial charge in [0.05, 0.1) is 15.3 Å². The molecule has 0 spiro atoms. The summed E-state index contributed by atoms with van der Waals surface area (Å²) in [5, 5.41) is 19.1. The molecule has 0 amide bonds. The number of halogens is 1. The van der Waals surface area contributed by atoms with E-state index in [4.69, 9.17) is 0 Å². The number of nitrogens with one attached hydrogen (secondary N) is 1. The third-order valence-electron chi connectivity index (χ3n) is 5.33. The Morgan fingerprint density at radius 3 is 2.75 bits per heavy atom. The van der Waals surface area contributed by atoms with E-state index in [9.17, 15) is 9.65 Å². The van der Waals surface area contributed by atoms with Gasteiger partial charge in [0.1, 0.15) is 17.1 Å². The third kappa shape index (κ3) is 2.86. The van der Waals surface area contributed by atoms with Gasteiger partial charge in [-0.25, -0.2) is 9.37 Å². The average molecular weight is 391 g/mol. The van der Waals surface area contributed by atoms with Crippen LogP contribution in [0.1, 0.15) is 29.3 Å². The molecule has 2 aromatic heterocycles. The molecule has 0 bridgehead atoms.